The molecular formula is C16H16BrN3O. The Morgan fingerprint density at radius 1 is 1.33 bits per heavy atom. The number of aromatic nitrogens is 1. The minimum absolute atomic E-state index is 0.0161. The van der Waals surface area contributed by atoms with Crippen LogP contribution in [0.5, 0.6) is 0 Å². The first-order chi connectivity index (χ1) is 10.1. The van der Waals surface area contributed by atoms with Crippen molar-refractivity contribution in [2.45, 2.75) is 25.4 Å². The SMILES string of the molecule is Nc1cc(C(=O)N(Cc2ccccn2)C2CC2)ccc1Br. The normalized spacial score (nSPS) is 14.0. The van der Waals surface area contributed by atoms with Crippen LogP contribution in [-0.2, 0) is 6.54 Å². The summed E-state index contributed by atoms with van der Waals surface area (Å²) < 4.78 is 0.807. The number of benzene rings is 1. The predicted molar refractivity (Wildman–Crippen MR) is 85.7 cm³/mol. The fraction of sp³-hybridized carbons (Fsp3) is 0.250. The van der Waals surface area contributed by atoms with Crippen molar-refractivity contribution in [3.05, 3.63) is 58.3 Å². The number of carbonyl (C=O) groups excluding carboxylic acids is 1. The summed E-state index contributed by atoms with van der Waals surface area (Å²) in [5.74, 6) is 0.0161. The summed E-state index contributed by atoms with van der Waals surface area (Å²) >= 11 is 3.35. The van der Waals surface area contributed by atoms with Gasteiger partial charge in [-0.25, -0.2) is 0 Å². The molecule has 1 aliphatic carbocycles. The van der Waals surface area contributed by atoms with Gasteiger partial charge >= 0.3 is 0 Å². The summed E-state index contributed by atoms with van der Waals surface area (Å²) in [5, 5.41) is 0. The van der Waals surface area contributed by atoms with Crippen LogP contribution in [0.1, 0.15) is 28.9 Å². The van der Waals surface area contributed by atoms with Gasteiger partial charge in [0.25, 0.3) is 5.91 Å². The third-order valence-corrected chi connectivity index (χ3v) is 4.27. The second-order valence-electron chi connectivity index (χ2n) is 5.22. The van der Waals surface area contributed by atoms with Crippen molar-refractivity contribution >= 4 is 27.5 Å². The van der Waals surface area contributed by atoms with Gasteiger partial charge in [0.2, 0.25) is 0 Å². The lowest BCUT2D eigenvalue weighted by Crippen LogP contribution is -2.33. The third-order valence-electron chi connectivity index (χ3n) is 3.55. The lowest BCUT2D eigenvalue weighted by Gasteiger charge is -2.22. The molecule has 1 amide bonds. The molecule has 1 aromatic carbocycles. The molecule has 0 unspecified atom stereocenters. The number of hydrogen-bond acceptors (Lipinski definition) is 3. The number of nitrogen functional groups attached to an aromatic ring is 1. The molecule has 2 aromatic rings. The zero-order chi connectivity index (χ0) is 14.8. The van der Waals surface area contributed by atoms with Crippen LogP contribution >= 0.6 is 15.9 Å². The van der Waals surface area contributed by atoms with Gasteiger partial charge in [-0.1, -0.05) is 6.07 Å². The standard InChI is InChI=1S/C16H16BrN3O/c17-14-7-4-11(9-15(14)18)16(21)20(13-5-6-13)10-12-3-1-2-8-19-12/h1-4,7-9,13H,5-6,10,18H2. The Bertz CT molecular complexity index is 656. The van der Waals surface area contributed by atoms with Gasteiger partial charge < -0.3 is 10.6 Å². The molecule has 1 aromatic heterocycles. The van der Waals surface area contributed by atoms with Crippen molar-refractivity contribution in [1.29, 1.82) is 0 Å². The molecule has 1 aliphatic rings. The van der Waals surface area contributed by atoms with Crippen LogP contribution in [0.2, 0.25) is 0 Å². The molecule has 0 saturated heterocycles. The van der Waals surface area contributed by atoms with Crippen LogP contribution in [0.15, 0.2) is 47.1 Å². The maximum Gasteiger partial charge on any atom is 0.254 e. The number of pyridine rings is 1. The van der Waals surface area contributed by atoms with Crippen molar-refractivity contribution in [3.63, 3.8) is 0 Å². The molecule has 4 nitrogen and oxygen atoms in total. The van der Waals surface area contributed by atoms with Gasteiger partial charge in [0, 0.05) is 28.0 Å². The van der Waals surface area contributed by atoms with E-state index in [1.807, 2.05) is 29.2 Å². The van der Waals surface area contributed by atoms with Crippen LogP contribution in [0.4, 0.5) is 5.69 Å². The van der Waals surface area contributed by atoms with E-state index >= 15 is 0 Å². The molecular weight excluding hydrogens is 330 g/mol. The van der Waals surface area contributed by atoms with E-state index < -0.39 is 0 Å². The van der Waals surface area contributed by atoms with Crippen LogP contribution < -0.4 is 5.73 Å². The van der Waals surface area contributed by atoms with Crippen LogP contribution in [0.3, 0.4) is 0 Å². The van der Waals surface area contributed by atoms with Gasteiger partial charge in [-0.2, -0.15) is 0 Å². The molecule has 3 rings (SSSR count). The summed E-state index contributed by atoms with van der Waals surface area (Å²) in [4.78, 5) is 18.9. The Labute approximate surface area is 132 Å². The number of carbonyl (C=O) groups is 1. The lowest BCUT2D eigenvalue weighted by molar-refractivity contribution is 0.0728. The fourth-order valence-corrected chi connectivity index (χ4v) is 2.51. The number of amides is 1. The largest absolute Gasteiger partial charge is 0.398 e. The van der Waals surface area contributed by atoms with Crippen molar-refractivity contribution in [2.75, 3.05) is 5.73 Å². The predicted octanol–water partition coefficient (Wildman–Crippen LogP) is 3.23. The summed E-state index contributed by atoms with van der Waals surface area (Å²) in [6, 6.07) is 11.4. The van der Waals surface area contributed by atoms with Crippen molar-refractivity contribution < 1.29 is 4.79 Å². The highest BCUT2D eigenvalue weighted by Crippen LogP contribution is 2.30. The topological polar surface area (TPSA) is 59.2 Å². The molecule has 0 bridgehead atoms. The Morgan fingerprint density at radius 2 is 2.14 bits per heavy atom. The Morgan fingerprint density at radius 3 is 2.76 bits per heavy atom. The third kappa shape index (κ3) is 3.24. The Kier molecular flexibility index (Phi) is 3.92. The number of nitrogens with zero attached hydrogens (tertiary/aromatic N) is 2. The smallest absolute Gasteiger partial charge is 0.254 e. The zero-order valence-corrected chi connectivity index (χ0v) is 13.1. The number of nitrogens with two attached hydrogens (primary N) is 1. The molecule has 0 aliphatic heterocycles. The highest BCUT2D eigenvalue weighted by molar-refractivity contribution is 9.10. The average molecular weight is 346 g/mol. The first kappa shape index (κ1) is 14.1. The van der Waals surface area contributed by atoms with Gasteiger partial charge in [-0.15, -0.1) is 0 Å². The van der Waals surface area contributed by atoms with E-state index in [1.54, 1.807) is 18.3 Å². The second-order valence-corrected chi connectivity index (χ2v) is 6.08. The molecule has 21 heavy (non-hydrogen) atoms. The minimum Gasteiger partial charge on any atom is -0.398 e. The second kappa shape index (κ2) is 5.85. The van der Waals surface area contributed by atoms with Crippen LogP contribution in [0, 0.1) is 0 Å². The van der Waals surface area contributed by atoms with Gasteiger partial charge in [-0.05, 0) is 59.1 Å². The quantitative estimate of drug-likeness (QED) is 0.865. The summed E-state index contributed by atoms with van der Waals surface area (Å²) in [6.45, 7) is 0.542. The molecule has 2 N–H and O–H groups in total. The van der Waals surface area contributed by atoms with E-state index in [1.165, 1.54) is 0 Å². The van der Waals surface area contributed by atoms with Crippen molar-refractivity contribution in [1.82, 2.24) is 9.88 Å². The molecule has 1 heterocycles. The summed E-state index contributed by atoms with van der Waals surface area (Å²) in [5.41, 5.74) is 7.98. The van der Waals surface area contributed by atoms with Gasteiger partial charge in [-0.3, -0.25) is 9.78 Å². The van der Waals surface area contributed by atoms with E-state index in [0.717, 1.165) is 23.0 Å². The van der Waals surface area contributed by atoms with E-state index in [0.29, 0.717) is 23.8 Å². The molecule has 0 radical (unpaired) electrons. The molecule has 0 spiro atoms. The van der Waals surface area contributed by atoms with Gasteiger partial charge in [0.1, 0.15) is 0 Å². The van der Waals surface area contributed by atoms with Crippen molar-refractivity contribution in [3.8, 4) is 0 Å². The van der Waals surface area contributed by atoms with E-state index in [-0.39, 0.29) is 5.91 Å². The molecule has 108 valence electrons. The maximum absolute atomic E-state index is 12.7. The number of rotatable bonds is 4. The number of halogens is 1. The Hall–Kier alpha value is -1.88. The van der Waals surface area contributed by atoms with E-state index in [2.05, 4.69) is 20.9 Å². The average Bonchev–Trinajstić information content (AvgIpc) is 3.33. The van der Waals surface area contributed by atoms with Crippen LogP contribution in [-0.4, -0.2) is 21.8 Å². The summed E-state index contributed by atoms with van der Waals surface area (Å²) in [7, 11) is 0. The van der Waals surface area contributed by atoms with Gasteiger partial charge in [0.15, 0.2) is 0 Å². The number of hydrogen-bond donors (Lipinski definition) is 1. The first-order valence-electron chi connectivity index (χ1n) is 6.91. The lowest BCUT2D eigenvalue weighted by atomic mass is 10.1. The van der Waals surface area contributed by atoms with E-state index in [9.17, 15) is 4.79 Å². The molecule has 1 saturated carbocycles. The number of anilines is 1. The molecule has 5 heteroatoms. The Balaban J connectivity index is 1.83. The molecule has 1 fully saturated rings. The maximum atomic E-state index is 12.7. The highest BCUT2D eigenvalue weighted by atomic mass is 79.9. The zero-order valence-electron chi connectivity index (χ0n) is 11.5. The monoisotopic (exact) mass is 345 g/mol. The van der Waals surface area contributed by atoms with E-state index in [4.69, 9.17) is 5.73 Å². The first-order valence-corrected chi connectivity index (χ1v) is 7.70. The van der Waals surface area contributed by atoms with Crippen LogP contribution in [0.25, 0.3) is 0 Å². The van der Waals surface area contributed by atoms with Crippen molar-refractivity contribution in [2.24, 2.45) is 0 Å². The minimum atomic E-state index is 0.0161. The van der Waals surface area contributed by atoms with Gasteiger partial charge in [0.05, 0.1) is 12.2 Å². The molecule has 0 atom stereocenters. The fourth-order valence-electron chi connectivity index (χ4n) is 2.26. The highest BCUT2D eigenvalue weighted by Gasteiger charge is 2.33. The summed E-state index contributed by atoms with van der Waals surface area (Å²) in [6.07, 6.45) is 3.87.